The Labute approximate surface area is 61.0 Å². The first-order chi connectivity index (χ1) is 4.15. The molecule has 0 aromatic heterocycles. The summed E-state index contributed by atoms with van der Waals surface area (Å²) in [4.78, 5) is 0. The molecule has 0 bridgehead atoms. The standard InChI is InChI=1S/C4H10.C3H8.C2H4/c1-4(2)3;1-3-2;1-2/h4H,1-3H3;3H2,1-2H3;1-2H2. The third-order valence-corrected chi connectivity index (χ3v) is 0. The zero-order valence-corrected chi connectivity index (χ0v) is 7.70. The molecule has 0 N–H and O–H groups in total. The molecule has 0 rings (SSSR count). The summed E-state index contributed by atoms with van der Waals surface area (Å²) in [6, 6.07) is 0. The fourth-order valence-corrected chi connectivity index (χ4v) is 0. The maximum atomic E-state index is 3.00. The van der Waals surface area contributed by atoms with Gasteiger partial charge in [0.05, 0.1) is 0 Å². The van der Waals surface area contributed by atoms with Crippen molar-refractivity contribution in [2.75, 3.05) is 0 Å². The summed E-state index contributed by atoms with van der Waals surface area (Å²) in [6.07, 6.45) is 1.25. The second kappa shape index (κ2) is 25.1. The molecule has 0 fully saturated rings. The molecule has 0 saturated carbocycles. The zero-order valence-electron chi connectivity index (χ0n) is 7.70. The van der Waals surface area contributed by atoms with E-state index in [9.17, 15) is 0 Å². The normalized spacial score (nSPS) is 6.44. The van der Waals surface area contributed by atoms with E-state index < -0.39 is 0 Å². The molecule has 0 heterocycles. The van der Waals surface area contributed by atoms with Gasteiger partial charge in [0, 0.05) is 0 Å². The van der Waals surface area contributed by atoms with E-state index in [-0.39, 0.29) is 0 Å². The molecule has 0 saturated heterocycles. The summed E-state index contributed by atoms with van der Waals surface area (Å²) in [6.45, 7) is 16.8. The van der Waals surface area contributed by atoms with Crippen LogP contribution in [0.3, 0.4) is 0 Å². The molecule has 0 aliphatic heterocycles. The van der Waals surface area contributed by atoms with Gasteiger partial charge in [0.2, 0.25) is 0 Å². The maximum absolute atomic E-state index is 3.00. The van der Waals surface area contributed by atoms with Crippen molar-refractivity contribution in [1.29, 1.82) is 0 Å². The van der Waals surface area contributed by atoms with Gasteiger partial charge >= 0.3 is 0 Å². The highest BCUT2D eigenvalue weighted by Crippen LogP contribution is 1.81. The third-order valence-electron chi connectivity index (χ3n) is 0. The van der Waals surface area contributed by atoms with Gasteiger partial charge in [0.25, 0.3) is 0 Å². The summed E-state index contributed by atoms with van der Waals surface area (Å²) in [5, 5.41) is 0. The maximum Gasteiger partial charge on any atom is -0.0500 e. The van der Waals surface area contributed by atoms with Crippen molar-refractivity contribution < 1.29 is 0 Å². The van der Waals surface area contributed by atoms with E-state index >= 15 is 0 Å². The summed E-state index contributed by atoms with van der Waals surface area (Å²) in [5.74, 6) is 0.833. The minimum absolute atomic E-state index is 0.833. The monoisotopic (exact) mass is 130 g/mol. The number of hydrogen-bond acceptors (Lipinski definition) is 0. The first-order valence-electron chi connectivity index (χ1n) is 3.65. The first-order valence-corrected chi connectivity index (χ1v) is 3.65. The molecule has 0 nitrogen and oxygen atoms in total. The minimum atomic E-state index is 0.833. The molecule has 0 aromatic carbocycles. The molecule has 0 radical (unpaired) electrons. The zero-order chi connectivity index (χ0) is 8.28. The lowest BCUT2D eigenvalue weighted by Gasteiger charge is -1.79. The van der Waals surface area contributed by atoms with Gasteiger partial charge in [0.15, 0.2) is 0 Å². The Hall–Kier alpha value is -0.260. The predicted octanol–water partition coefficient (Wildman–Crippen LogP) is 3.88. The van der Waals surface area contributed by atoms with Gasteiger partial charge in [-0.15, -0.1) is 13.2 Å². The van der Waals surface area contributed by atoms with Gasteiger partial charge in [-0.05, 0) is 5.92 Å². The second-order valence-corrected chi connectivity index (χ2v) is 2.44. The molecule has 0 unspecified atom stereocenters. The topological polar surface area (TPSA) is 0 Å². The lowest BCUT2D eigenvalue weighted by atomic mass is 10.3. The Morgan fingerprint density at radius 3 is 1.00 bits per heavy atom. The molecule has 0 aromatic rings. The van der Waals surface area contributed by atoms with Crippen molar-refractivity contribution in [3.8, 4) is 0 Å². The average molecular weight is 130 g/mol. The highest BCUT2D eigenvalue weighted by molar-refractivity contribution is 4.22. The van der Waals surface area contributed by atoms with E-state index in [1.807, 2.05) is 0 Å². The molecule has 0 spiro atoms. The molecular formula is C9H22. The van der Waals surface area contributed by atoms with Crippen molar-refractivity contribution in [2.45, 2.75) is 41.0 Å². The van der Waals surface area contributed by atoms with E-state index in [0.717, 1.165) is 5.92 Å². The molecule has 58 valence electrons. The smallest absolute Gasteiger partial charge is 0.0500 e. The fraction of sp³-hybridized carbons (Fsp3) is 0.778. The average Bonchev–Trinajstić information content (AvgIpc) is 1.71. The molecular weight excluding hydrogens is 108 g/mol. The van der Waals surface area contributed by atoms with E-state index in [1.54, 1.807) is 0 Å². The van der Waals surface area contributed by atoms with E-state index in [4.69, 9.17) is 0 Å². The van der Waals surface area contributed by atoms with Crippen LogP contribution in [-0.4, -0.2) is 0 Å². The van der Waals surface area contributed by atoms with Gasteiger partial charge in [-0.25, -0.2) is 0 Å². The SMILES string of the molecule is C=C.CC(C)C.CCC. The quantitative estimate of drug-likeness (QED) is 0.436. The fourth-order valence-electron chi connectivity index (χ4n) is 0. The van der Waals surface area contributed by atoms with Crippen LogP contribution in [0.2, 0.25) is 0 Å². The van der Waals surface area contributed by atoms with Crippen LogP contribution in [0.4, 0.5) is 0 Å². The van der Waals surface area contributed by atoms with Gasteiger partial charge < -0.3 is 0 Å². The van der Waals surface area contributed by atoms with Gasteiger partial charge in [-0.1, -0.05) is 41.0 Å². The summed E-state index contributed by atoms with van der Waals surface area (Å²) in [7, 11) is 0. The van der Waals surface area contributed by atoms with Crippen LogP contribution >= 0.6 is 0 Å². The lowest BCUT2D eigenvalue weighted by molar-refractivity contribution is 0.737. The van der Waals surface area contributed by atoms with Crippen LogP contribution < -0.4 is 0 Å². The van der Waals surface area contributed by atoms with Crippen LogP contribution in [0.25, 0.3) is 0 Å². The van der Waals surface area contributed by atoms with Crippen LogP contribution in [0, 0.1) is 5.92 Å². The van der Waals surface area contributed by atoms with Crippen molar-refractivity contribution in [1.82, 2.24) is 0 Å². The highest BCUT2D eigenvalue weighted by atomic mass is 13.7. The van der Waals surface area contributed by atoms with E-state index in [0.29, 0.717) is 0 Å². The second-order valence-electron chi connectivity index (χ2n) is 2.44. The minimum Gasteiger partial charge on any atom is -0.106 e. The van der Waals surface area contributed by atoms with E-state index in [2.05, 4.69) is 47.8 Å². The Bertz CT molecular complexity index is 18.5. The number of hydrogen-bond donors (Lipinski definition) is 0. The summed E-state index contributed by atoms with van der Waals surface area (Å²) >= 11 is 0. The molecule has 0 atom stereocenters. The van der Waals surface area contributed by atoms with Crippen molar-refractivity contribution in [3.63, 3.8) is 0 Å². The molecule has 0 aliphatic carbocycles. The van der Waals surface area contributed by atoms with Crippen molar-refractivity contribution in [3.05, 3.63) is 13.2 Å². The van der Waals surface area contributed by atoms with E-state index in [1.165, 1.54) is 6.42 Å². The molecule has 0 heteroatoms. The highest BCUT2D eigenvalue weighted by Gasteiger charge is 1.68. The lowest BCUT2D eigenvalue weighted by Crippen LogP contribution is -1.66. The van der Waals surface area contributed by atoms with Crippen molar-refractivity contribution in [2.24, 2.45) is 5.92 Å². The summed E-state index contributed by atoms with van der Waals surface area (Å²) in [5.41, 5.74) is 0. The Balaban J connectivity index is -0.0000000646. The third kappa shape index (κ3) is 3770. The Kier molecular flexibility index (Phi) is 44.4. The Morgan fingerprint density at radius 2 is 1.00 bits per heavy atom. The first kappa shape index (κ1) is 15.9. The largest absolute Gasteiger partial charge is 0.106 e. The van der Waals surface area contributed by atoms with Gasteiger partial charge in [0.1, 0.15) is 0 Å². The van der Waals surface area contributed by atoms with Crippen LogP contribution in [-0.2, 0) is 0 Å². The summed E-state index contributed by atoms with van der Waals surface area (Å²) < 4.78 is 0. The van der Waals surface area contributed by atoms with Crippen LogP contribution in [0.1, 0.15) is 41.0 Å². The molecule has 0 amide bonds. The number of rotatable bonds is 0. The van der Waals surface area contributed by atoms with Gasteiger partial charge in [-0.3, -0.25) is 0 Å². The predicted molar refractivity (Wildman–Crippen MR) is 47.7 cm³/mol. The Morgan fingerprint density at radius 1 is 1.00 bits per heavy atom. The van der Waals surface area contributed by atoms with Crippen molar-refractivity contribution >= 4 is 0 Å². The molecule has 0 aliphatic rings. The van der Waals surface area contributed by atoms with Gasteiger partial charge in [-0.2, -0.15) is 0 Å². The van der Waals surface area contributed by atoms with Crippen LogP contribution in [0.15, 0.2) is 13.2 Å². The molecule has 9 heavy (non-hydrogen) atoms. The van der Waals surface area contributed by atoms with Crippen LogP contribution in [0.5, 0.6) is 0 Å².